The van der Waals surface area contributed by atoms with Gasteiger partial charge in [0.2, 0.25) is 0 Å². The van der Waals surface area contributed by atoms with Crippen molar-refractivity contribution in [3.05, 3.63) is 59.2 Å². The second-order valence-electron chi connectivity index (χ2n) is 8.42. The van der Waals surface area contributed by atoms with E-state index in [1.807, 2.05) is 39.0 Å². The van der Waals surface area contributed by atoms with Gasteiger partial charge in [0.25, 0.3) is 0 Å². The van der Waals surface area contributed by atoms with Crippen LogP contribution in [0.3, 0.4) is 0 Å². The van der Waals surface area contributed by atoms with Gasteiger partial charge < -0.3 is 10.0 Å². The van der Waals surface area contributed by atoms with E-state index in [2.05, 4.69) is 9.89 Å². The highest BCUT2D eigenvalue weighted by Gasteiger charge is 2.30. The zero-order valence-electron chi connectivity index (χ0n) is 16.3. The number of benzene rings is 2. The first-order chi connectivity index (χ1) is 13.0. The van der Waals surface area contributed by atoms with Crippen molar-refractivity contribution in [1.29, 1.82) is 0 Å². The van der Waals surface area contributed by atoms with Crippen LogP contribution in [0.15, 0.2) is 47.5 Å². The lowest BCUT2D eigenvalue weighted by atomic mass is 9.92. The Bertz CT molecular complexity index is 865. The Kier molecular flexibility index (Phi) is 5.41. The molecular weight excluding hydrogens is 365 g/mol. The topological polar surface area (TPSA) is 38.7 Å². The molecule has 0 saturated heterocycles. The molecule has 0 N–H and O–H groups in total. The third-order valence-electron chi connectivity index (χ3n) is 4.64. The first-order valence-corrected chi connectivity index (χ1v) is 9.30. The monoisotopic (exact) mass is 389 g/mol. The van der Waals surface area contributed by atoms with E-state index < -0.39 is 11.7 Å². The van der Waals surface area contributed by atoms with Gasteiger partial charge in [-0.05, 0) is 65.6 Å². The fourth-order valence-electron chi connectivity index (χ4n) is 3.35. The lowest BCUT2D eigenvalue weighted by Crippen LogP contribution is -2.23. The van der Waals surface area contributed by atoms with Crippen LogP contribution in [0.25, 0.3) is 0 Å². The van der Waals surface area contributed by atoms with Crippen molar-refractivity contribution in [1.82, 2.24) is 0 Å². The fraction of sp³-hybridized carbons (Fsp3) is 0.409. The number of rotatable bonds is 4. The van der Waals surface area contributed by atoms with Gasteiger partial charge in [-0.25, -0.2) is 0 Å². The number of fused-ring (bicyclic) bond motifs is 1. The summed E-state index contributed by atoms with van der Waals surface area (Å²) in [7, 11) is 0. The number of halogens is 3. The van der Waals surface area contributed by atoms with E-state index >= 15 is 0 Å². The van der Waals surface area contributed by atoms with Crippen LogP contribution < -0.4 is 10.0 Å². The minimum atomic E-state index is -4.32. The van der Waals surface area contributed by atoms with E-state index in [9.17, 15) is 18.3 Å². The van der Waals surface area contributed by atoms with Gasteiger partial charge in [0, 0.05) is 18.8 Å². The molecular formula is C22H24F3N2O-. The molecule has 150 valence electrons. The first kappa shape index (κ1) is 20.2. The van der Waals surface area contributed by atoms with Gasteiger partial charge in [-0.15, -0.1) is 0 Å². The number of hydrogen-bond acceptors (Lipinski definition) is 3. The molecule has 1 aliphatic rings. The molecule has 1 heterocycles. The summed E-state index contributed by atoms with van der Waals surface area (Å²) < 4.78 is 38.1. The molecule has 0 amide bonds. The summed E-state index contributed by atoms with van der Waals surface area (Å²) in [4.78, 5) is 6.34. The third-order valence-corrected chi connectivity index (χ3v) is 4.64. The van der Waals surface area contributed by atoms with Gasteiger partial charge >= 0.3 is 6.18 Å². The van der Waals surface area contributed by atoms with Gasteiger partial charge in [-0.3, -0.25) is 4.99 Å². The second kappa shape index (κ2) is 7.49. The van der Waals surface area contributed by atoms with Gasteiger partial charge in [-0.2, -0.15) is 13.2 Å². The predicted molar refractivity (Wildman–Crippen MR) is 104 cm³/mol. The Hall–Kier alpha value is -2.50. The van der Waals surface area contributed by atoms with Crippen molar-refractivity contribution >= 4 is 17.3 Å². The smallest absolute Gasteiger partial charge is 0.416 e. The second-order valence-corrected chi connectivity index (χ2v) is 8.42. The molecule has 0 saturated carbocycles. The van der Waals surface area contributed by atoms with Crippen LogP contribution in [0.5, 0.6) is 0 Å². The zero-order valence-corrected chi connectivity index (χ0v) is 16.3. The van der Waals surface area contributed by atoms with Crippen LogP contribution >= 0.6 is 0 Å². The van der Waals surface area contributed by atoms with Crippen LogP contribution in [0.2, 0.25) is 0 Å². The van der Waals surface area contributed by atoms with E-state index in [1.54, 1.807) is 0 Å². The molecule has 0 atom stereocenters. The zero-order chi connectivity index (χ0) is 20.5. The van der Waals surface area contributed by atoms with E-state index in [1.165, 1.54) is 12.1 Å². The maximum Gasteiger partial charge on any atom is 0.416 e. The highest BCUT2D eigenvalue weighted by Crippen LogP contribution is 2.34. The molecule has 0 unspecified atom stereocenters. The maximum atomic E-state index is 12.7. The minimum absolute atomic E-state index is 0.101. The average molecular weight is 389 g/mol. The molecule has 3 nitrogen and oxygen atoms in total. The third kappa shape index (κ3) is 5.06. The van der Waals surface area contributed by atoms with Crippen LogP contribution in [-0.2, 0) is 19.1 Å². The van der Waals surface area contributed by atoms with E-state index in [0.29, 0.717) is 18.7 Å². The molecule has 0 bridgehead atoms. The Morgan fingerprint density at radius 2 is 1.75 bits per heavy atom. The van der Waals surface area contributed by atoms with Crippen molar-refractivity contribution in [3.63, 3.8) is 0 Å². The quantitative estimate of drug-likeness (QED) is 0.539. The van der Waals surface area contributed by atoms with Crippen LogP contribution in [0.1, 0.15) is 43.9 Å². The highest BCUT2D eigenvalue weighted by molar-refractivity contribution is 5.76. The number of hydrogen-bond donors (Lipinski definition) is 0. The maximum absolute atomic E-state index is 12.7. The van der Waals surface area contributed by atoms with E-state index in [4.69, 9.17) is 0 Å². The van der Waals surface area contributed by atoms with E-state index in [-0.39, 0.29) is 11.3 Å². The lowest BCUT2D eigenvalue weighted by molar-refractivity contribution is -0.220. The van der Waals surface area contributed by atoms with Gasteiger partial charge in [-0.1, -0.05) is 32.9 Å². The normalized spacial score (nSPS) is 15.1. The lowest BCUT2D eigenvalue weighted by Gasteiger charge is -2.22. The molecule has 28 heavy (non-hydrogen) atoms. The SMILES string of the molecule is CC(C)(C)CC([O-])=Nc1ccc2c(c1)CCN2Cc1ccc(C(F)(F)F)cc1. The van der Waals surface area contributed by atoms with Crippen molar-refractivity contribution in [2.24, 2.45) is 10.4 Å². The van der Waals surface area contributed by atoms with E-state index in [0.717, 1.165) is 41.9 Å². The van der Waals surface area contributed by atoms with Crippen LogP contribution in [0, 0.1) is 5.41 Å². The first-order valence-electron chi connectivity index (χ1n) is 9.30. The number of nitrogens with zero attached hydrogens (tertiary/aromatic N) is 2. The molecule has 0 spiro atoms. The van der Waals surface area contributed by atoms with Gasteiger partial charge in [0.1, 0.15) is 0 Å². The fourth-order valence-corrected chi connectivity index (χ4v) is 3.35. The number of aliphatic imine (C=N–C) groups is 1. The summed E-state index contributed by atoms with van der Waals surface area (Å²) in [6.45, 7) is 7.34. The summed E-state index contributed by atoms with van der Waals surface area (Å²) in [5.74, 6) is -0.132. The minimum Gasteiger partial charge on any atom is -0.862 e. The summed E-state index contributed by atoms with van der Waals surface area (Å²) in [6, 6.07) is 11.0. The molecule has 2 aromatic carbocycles. The number of anilines is 1. The van der Waals surface area contributed by atoms with Gasteiger partial charge in [0.15, 0.2) is 0 Å². The molecule has 1 aliphatic heterocycles. The van der Waals surface area contributed by atoms with Crippen molar-refractivity contribution < 1.29 is 18.3 Å². The summed E-state index contributed by atoms with van der Waals surface area (Å²) in [6.07, 6.45) is -3.10. The van der Waals surface area contributed by atoms with Gasteiger partial charge in [0.05, 0.1) is 11.3 Å². The largest absolute Gasteiger partial charge is 0.862 e. The average Bonchev–Trinajstić information content (AvgIpc) is 2.95. The van der Waals surface area contributed by atoms with Crippen molar-refractivity contribution in [2.45, 2.75) is 46.3 Å². The summed E-state index contributed by atoms with van der Waals surface area (Å²) in [5, 5.41) is 12.1. The Balaban J connectivity index is 1.72. The molecule has 6 heteroatoms. The molecule has 0 fully saturated rings. The number of alkyl halides is 3. The van der Waals surface area contributed by atoms with Crippen molar-refractivity contribution in [3.8, 4) is 0 Å². The summed E-state index contributed by atoms with van der Waals surface area (Å²) in [5.41, 5.74) is 2.90. The van der Waals surface area contributed by atoms with Crippen LogP contribution in [-0.4, -0.2) is 12.4 Å². The standard InChI is InChI=1S/C22H25F3N2O/c1-21(2,3)13-20(28)26-18-8-9-19-16(12-18)10-11-27(19)14-15-4-6-17(7-5-15)22(23,24)25/h4-9,12H,10-11,13-14H2,1-3H3,(H,26,28)/p-1. The summed E-state index contributed by atoms with van der Waals surface area (Å²) >= 11 is 0. The van der Waals surface area contributed by atoms with Crippen LogP contribution in [0.4, 0.5) is 24.5 Å². The Morgan fingerprint density at radius 3 is 2.36 bits per heavy atom. The molecule has 0 radical (unpaired) electrons. The molecule has 0 aliphatic carbocycles. The molecule has 2 aromatic rings. The molecule has 3 rings (SSSR count). The van der Waals surface area contributed by atoms with Crippen molar-refractivity contribution in [2.75, 3.05) is 11.4 Å². The highest BCUT2D eigenvalue weighted by atomic mass is 19.4. The predicted octanol–water partition coefficient (Wildman–Crippen LogP) is 5.09. The molecule has 0 aromatic heterocycles. The Morgan fingerprint density at radius 1 is 1.07 bits per heavy atom. The Labute approximate surface area is 163 Å².